The first-order chi connectivity index (χ1) is 33.3. The van der Waals surface area contributed by atoms with Crippen molar-refractivity contribution in [1.29, 1.82) is 0 Å². The third-order valence-electron chi connectivity index (χ3n) is 12.0. The van der Waals surface area contributed by atoms with Crippen molar-refractivity contribution in [1.82, 2.24) is 0 Å². The van der Waals surface area contributed by atoms with Crippen LogP contribution < -0.4 is 9.47 Å². The minimum Gasteiger partial charge on any atom is -0.507 e. The highest BCUT2D eigenvalue weighted by atomic mass is 19.1. The molecule has 0 aliphatic rings. The molecule has 0 saturated heterocycles. The number of aromatic hydroxyl groups is 2. The first kappa shape index (κ1) is 51.5. The maximum Gasteiger partial charge on any atom is 0.193 e. The van der Waals surface area contributed by atoms with E-state index in [-0.39, 0.29) is 11.6 Å². The number of halogens is 2. The Kier molecular flexibility index (Phi) is 16.9. The SMILES string of the molecule is COc1c(C)cc(Cc2cc(C)c(Oc3ccc(C(=O)c4ccc(C)cc4)cc3)c(C)c2)cc1C.Cc1cc(Cc2cc(C)c(O)c(C)c2)cc(C)c1O.O=C(c1ccc(F)cc1)c1ccc(F)cc1. The van der Waals surface area contributed by atoms with Gasteiger partial charge in [-0.15, -0.1) is 0 Å². The molecule has 0 fully saturated rings. The van der Waals surface area contributed by atoms with Crippen molar-refractivity contribution in [2.45, 2.75) is 75.2 Å². The van der Waals surface area contributed by atoms with Crippen LogP contribution in [-0.4, -0.2) is 28.9 Å². The summed E-state index contributed by atoms with van der Waals surface area (Å²) in [4.78, 5) is 24.6. The predicted molar refractivity (Wildman–Crippen MR) is 277 cm³/mol. The van der Waals surface area contributed by atoms with E-state index in [1.54, 1.807) is 7.11 Å². The number of phenolic OH excluding ortho intramolecular Hbond substituents is 2. The minimum atomic E-state index is -0.393. The summed E-state index contributed by atoms with van der Waals surface area (Å²) in [5.41, 5.74) is 16.2. The van der Waals surface area contributed by atoms with Crippen molar-refractivity contribution in [2.75, 3.05) is 7.11 Å². The molecule has 0 aromatic heterocycles. The van der Waals surface area contributed by atoms with Gasteiger partial charge in [0.2, 0.25) is 0 Å². The van der Waals surface area contributed by atoms with E-state index in [1.807, 2.05) is 107 Å². The molecule has 8 rings (SSSR count). The molecule has 358 valence electrons. The van der Waals surface area contributed by atoms with Crippen LogP contribution >= 0.6 is 0 Å². The lowest BCUT2D eigenvalue weighted by Gasteiger charge is -2.15. The quantitative estimate of drug-likeness (QED) is 0.126. The fourth-order valence-electron chi connectivity index (χ4n) is 8.57. The number of ketones is 2. The predicted octanol–water partition coefficient (Wildman–Crippen LogP) is 15.0. The molecular weight excluding hydrogens is 879 g/mol. The van der Waals surface area contributed by atoms with Crippen molar-refractivity contribution < 1.29 is 38.1 Å². The summed E-state index contributed by atoms with van der Waals surface area (Å²) in [6.07, 6.45) is 1.66. The Morgan fingerprint density at radius 1 is 0.400 bits per heavy atom. The largest absolute Gasteiger partial charge is 0.507 e. The first-order valence-corrected chi connectivity index (χ1v) is 23.1. The van der Waals surface area contributed by atoms with Gasteiger partial charge in [-0.2, -0.15) is 0 Å². The van der Waals surface area contributed by atoms with Gasteiger partial charge in [-0.25, -0.2) is 8.78 Å². The van der Waals surface area contributed by atoms with Crippen LogP contribution in [0.5, 0.6) is 28.7 Å². The summed E-state index contributed by atoms with van der Waals surface area (Å²) in [6.45, 7) is 18.0. The lowest BCUT2D eigenvalue weighted by Crippen LogP contribution is -2.01. The highest BCUT2D eigenvalue weighted by Gasteiger charge is 2.14. The molecule has 8 aromatic rings. The second-order valence-corrected chi connectivity index (χ2v) is 18.0. The molecule has 0 spiro atoms. The Bertz CT molecular complexity index is 2940. The number of rotatable bonds is 11. The molecule has 0 radical (unpaired) electrons. The summed E-state index contributed by atoms with van der Waals surface area (Å²) in [7, 11) is 1.72. The molecule has 0 amide bonds. The second kappa shape index (κ2) is 23.0. The van der Waals surface area contributed by atoms with Gasteiger partial charge < -0.3 is 19.7 Å². The highest BCUT2D eigenvalue weighted by Crippen LogP contribution is 2.33. The standard InChI is InChI=1S/C32H32O3.C17H20O2.C13H8F2O/c1-20-7-9-27(10-8-20)30(33)28-11-13-29(14-12-28)35-32-23(4)17-26(18-24(32)5)19-25-15-21(2)31(34-6)22(3)16-25;1-10-5-14(6-11(2)16(10)18)9-15-7-12(3)17(19)13(4)8-15;14-11-5-1-9(2-6-11)13(16)10-3-7-12(15)8-4-10/h7-18H,19H2,1-6H3;5-8,18-19H,9H2,1-4H3;1-8H. The Hall–Kier alpha value is -7.84. The molecule has 0 aliphatic carbocycles. The molecule has 6 nitrogen and oxygen atoms in total. The van der Waals surface area contributed by atoms with Gasteiger partial charge >= 0.3 is 0 Å². The van der Waals surface area contributed by atoms with E-state index in [1.165, 1.54) is 70.8 Å². The van der Waals surface area contributed by atoms with Gasteiger partial charge in [-0.05, 0) is 215 Å². The molecule has 8 aromatic carbocycles. The lowest BCUT2D eigenvalue weighted by molar-refractivity contribution is 0.103. The van der Waals surface area contributed by atoms with Crippen molar-refractivity contribution >= 4 is 11.6 Å². The molecule has 70 heavy (non-hydrogen) atoms. The van der Waals surface area contributed by atoms with E-state index < -0.39 is 11.6 Å². The molecular formula is C62H60F2O6. The van der Waals surface area contributed by atoms with Crippen LogP contribution in [0.2, 0.25) is 0 Å². The molecule has 0 bridgehead atoms. The van der Waals surface area contributed by atoms with Crippen LogP contribution in [0.4, 0.5) is 8.78 Å². The normalized spacial score (nSPS) is 10.6. The first-order valence-electron chi connectivity index (χ1n) is 23.1. The Balaban J connectivity index is 0.000000192. The van der Waals surface area contributed by atoms with Crippen molar-refractivity contribution in [3.8, 4) is 28.7 Å². The van der Waals surface area contributed by atoms with Crippen LogP contribution in [0, 0.1) is 73.9 Å². The monoisotopic (exact) mass is 938 g/mol. The summed E-state index contributed by atoms with van der Waals surface area (Å²) in [6, 6.07) is 42.3. The van der Waals surface area contributed by atoms with E-state index in [0.717, 1.165) is 74.4 Å². The number of carbonyl (C=O) groups excluding carboxylic acids is 2. The summed E-state index contributed by atoms with van der Waals surface area (Å²) < 4.78 is 37.0. The van der Waals surface area contributed by atoms with Gasteiger partial charge in [-0.1, -0.05) is 78.4 Å². The van der Waals surface area contributed by atoms with E-state index in [0.29, 0.717) is 39.5 Å². The summed E-state index contributed by atoms with van der Waals surface area (Å²) >= 11 is 0. The summed E-state index contributed by atoms with van der Waals surface area (Å²) in [5, 5.41) is 19.6. The van der Waals surface area contributed by atoms with Gasteiger partial charge in [0.1, 0.15) is 40.4 Å². The lowest BCUT2D eigenvalue weighted by atomic mass is 9.97. The van der Waals surface area contributed by atoms with Gasteiger partial charge in [0.15, 0.2) is 11.6 Å². The third-order valence-corrected chi connectivity index (χ3v) is 12.0. The van der Waals surface area contributed by atoms with E-state index in [2.05, 4.69) is 52.0 Å². The van der Waals surface area contributed by atoms with Crippen molar-refractivity contribution in [2.24, 2.45) is 0 Å². The maximum absolute atomic E-state index is 12.8. The number of methoxy groups -OCH3 is 1. The van der Waals surface area contributed by atoms with Gasteiger partial charge in [0.25, 0.3) is 0 Å². The number of aryl methyl sites for hydroxylation is 9. The average molecular weight is 939 g/mol. The molecule has 0 aliphatic heterocycles. The average Bonchev–Trinajstić information content (AvgIpc) is 3.32. The smallest absolute Gasteiger partial charge is 0.193 e. The zero-order chi connectivity index (χ0) is 50.8. The molecule has 0 unspecified atom stereocenters. The number of benzene rings is 8. The minimum absolute atomic E-state index is 0.0114. The van der Waals surface area contributed by atoms with E-state index in [4.69, 9.17) is 9.47 Å². The molecule has 0 atom stereocenters. The van der Waals surface area contributed by atoms with Crippen LogP contribution in [0.15, 0.2) is 146 Å². The van der Waals surface area contributed by atoms with Crippen LogP contribution in [0.1, 0.15) is 104 Å². The Labute approximate surface area is 410 Å². The summed E-state index contributed by atoms with van der Waals surface area (Å²) in [5.74, 6) is 2.25. The maximum atomic E-state index is 12.8. The molecule has 2 N–H and O–H groups in total. The van der Waals surface area contributed by atoms with Crippen LogP contribution in [0.3, 0.4) is 0 Å². The zero-order valence-corrected chi connectivity index (χ0v) is 41.6. The van der Waals surface area contributed by atoms with Gasteiger partial charge in [0, 0.05) is 22.3 Å². The number of phenols is 2. The third kappa shape index (κ3) is 13.2. The molecule has 0 saturated carbocycles. The van der Waals surface area contributed by atoms with E-state index in [9.17, 15) is 28.6 Å². The molecule has 0 heterocycles. The van der Waals surface area contributed by atoms with Gasteiger partial charge in [0.05, 0.1) is 7.11 Å². The molecule has 8 heteroatoms. The highest BCUT2D eigenvalue weighted by molar-refractivity contribution is 6.09. The second-order valence-electron chi connectivity index (χ2n) is 18.0. The van der Waals surface area contributed by atoms with Crippen LogP contribution in [0.25, 0.3) is 0 Å². The topological polar surface area (TPSA) is 93.1 Å². The number of hydrogen-bond donors (Lipinski definition) is 2. The fraction of sp³-hybridized carbons (Fsp3) is 0.194. The number of carbonyl (C=O) groups is 2. The van der Waals surface area contributed by atoms with E-state index >= 15 is 0 Å². The Morgan fingerprint density at radius 2 is 0.671 bits per heavy atom. The number of hydrogen-bond acceptors (Lipinski definition) is 6. The Morgan fingerprint density at radius 3 is 0.986 bits per heavy atom. The van der Waals surface area contributed by atoms with Crippen molar-refractivity contribution in [3.05, 3.63) is 252 Å². The zero-order valence-electron chi connectivity index (χ0n) is 41.6. The number of ether oxygens (including phenoxy) is 2. The van der Waals surface area contributed by atoms with Crippen molar-refractivity contribution in [3.63, 3.8) is 0 Å². The van der Waals surface area contributed by atoms with Crippen LogP contribution in [-0.2, 0) is 12.8 Å². The fourth-order valence-corrected chi connectivity index (χ4v) is 8.57. The van der Waals surface area contributed by atoms with Gasteiger partial charge in [-0.3, -0.25) is 9.59 Å².